The van der Waals surface area contributed by atoms with Gasteiger partial charge in [0.25, 0.3) is 5.56 Å². The third-order valence-corrected chi connectivity index (χ3v) is 7.44. The van der Waals surface area contributed by atoms with Crippen molar-refractivity contribution in [2.45, 2.75) is 39.7 Å². The smallest absolute Gasteiger partial charge is 0.338 e. The number of thiazole rings is 1. The highest BCUT2D eigenvalue weighted by Gasteiger charge is 2.35. The summed E-state index contributed by atoms with van der Waals surface area (Å²) in [7, 11) is 1.59. The van der Waals surface area contributed by atoms with Gasteiger partial charge in [-0.15, -0.1) is 11.3 Å². The lowest BCUT2D eigenvalue weighted by molar-refractivity contribution is -0.139. The van der Waals surface area contributed by atoms with Crippen LogP contribution in [0.25, 0.3) is 6.08 Å². The summed E-state index contributed by atoms with van der Waals surface area (Å²) in [5.74, 6) is 0.148. The van der Waals surface area contributed by atoms with E-state index in [-0.39, 0.29) is 12.2 Å². The molecule has 0 spiro atoms. The second kappa shape index (κ2) is 9.89. The molecule has 0 aliphatic carbocycles. The minimum Gasteiger partial charge on any atom is -0.496 e. The number of ether oxygens (including phenoxy) is 2. The lowest BCUT2D eigenvalue weighted by atomic mass is 9.93. The van der Waals surface area contributed by atoms with Gasteiger partial charge in [0.05, 0.1) is 29.5 Å². The Balaban J connectivity index is 2.05. The topological polar surface area (TPSA) is 69.9 Å². The number of rotatable bonds is 7. The third kappa shape index (κ3) is 4.32. The Bertz CT molecular complexity index is 1390. The Morgan fingerprint density at radius 2 is 2.03 bits per heavy atom. The van der Waals surface area contributed by atoms with Crippen LogP contribution < -0.4 is 19.6 Å². The number of para-hydroxylation sites is 1. The lowest BCUT2D eigenvalue weighted by Crippen LogP contribution is -2.40. The van der Waals surface area contributed by atoms with Gasteiger partial charge in [-0.25, -0.2) is 9.79 Å². The number of methoxy groups -OCH3 is 1. The Kier molecular flexibility index (Phi) is 6.95. The summed E-state index contributed by atoms with van der Waals surface area (Å²) in [6.45, 7) is 6.07. The van der Waals surface area contributed by atoms with Crippen LogP contribution in [-0.4, -0.2) is 24.3 Å². The number of allylic oxidation sites excluding steroid dienone is 1. The quantitative estimate of drug-likeness (QED) is 0.478. The number of aryl methyl sites for hydroxylation is 1. The number of fused-ring (bicyclic) bond motifs is 1. The minimum absolute atomic E-state index is 0.181. The van der Waals surface area contributed by atoms with E-state index in [0.29, 0.717) is 32.8 Å². The van der Waals surface area contributed by atoms with Crippen molar-refractivity contribution in [2.75, 3.05) is 13.7 Å². The van der Waals surface area contributed by atoms with Crippen molar-refractivity contribution in [3.63, 3.8) is 0 Å². The summed E-state index contributed by atoms with van der Waals surface area (Å²) in [5.41, 5.74) is 2.72. The monoisotopic (exact) mass is 482 g/mol. The van der Waals surface area contributed by atoms with Crippen molar-refractivity contribution in [2.24, 2.45) is 4.99 Å². The summed E-state index contributed by atoms with van der Waals surface area (Å²) >= 11 is 2.94. The van der Waals surface area contributed by atoms with E-state index >= 15 is 0 Å². The number of esters is 1. The van der Waals surface area contributed by atoms with Gasteiger partial charge in [-0.3, -0.25) is 9.36 Å². The van der Waals surface area contributed by atoms with Crippen molar-refractivity contribution >= 4 is 34.7 Å². The molecule has 0 amide bonds. The molecule has 1 aliphatic rings. The molecule has 1 atom stereocenters. The van der Waals surface area contributed by atoms with Crippen molar-refractivity contribution in [1.29, 1.82) is 0 Å². The van der Waals surface area contributed by atoms with E-state index < -0.39 is 12.0 Å². The predicted molar refractivity (Wildman–Crippen MR) is 132 cm³/mol. The number of carbonyl (C=O) groups is 1. The van der Waals surface area contributed by atoms with Crippen molar-refractivity contribution < 1.29 is 14.3 Å². The van der Waals surface area contributed by atoms with E-state index in [1.165, 1.54) is 11.3 Å². The van der Waals surface area contributed by atoms with E-state index in [4.69, 9.17) is 14.5 Å². The molecular formula is C25H26N2O4S2. The fourth-order valence-electron chi connectivity index (χ4n) is 3.96. The van der Waals surface area contributed by atoms with Crippen LogP contribution in [0.2, 0.25) is 0 Å². The first-order chi connectivity index (χ1) is 16.0. The molecule has 0 radical (unpaired) electrons. The molecule has 0 saturated heterocycles. The molecule has 3 aromatic rings. The van der Waals surface area contributed by atoms with Crippen LogP contribution in [-0.2, 0) is 9.53 Å². The molecule has 3 heterocycles. The number of aromatic nitrogens is 1. The number of nitrogens with zero attached hydrogens (tertiary/aromatic N) is 2. The van der Waals surface area contributed by atoms with E-state index in [0.717, 1.165) is 22.4 Å². The Morgan fingerprint density at radius 3 is 2.70 bits per heavy atom. The van der Waals surface area contributed by atoms with Crippen molar-refractivity contribution in [3.8, 4) is 5.75 Å². The first kappa shape index (κ1) is 23.2. The molecule has 6 nitrogen and oxygen atoms in total. The summed E-state index contributed by atoms with van der Waals surface area (Å²) in [4.78, 5) is 33.3. The largest absolute Gasteiger partial charge is 0.496 e. The van der Waals surface area contributed by atoms with Crippen LogP contribution in [0, 0.1) is 6.92 Å². The van der Waals surface area contributed by atoms with E-state index in [2.05, 4.69) is 0 Å². The molecule has 0 bridgehead atoms. The maximum Gasteiger partial charge on any atom is 0.338 e. The van der Waals surface area contributed by atoms with E-state index in [9.17, 15) is 9.59 Å². The second-order valence-electron chi connectivity index (χ2n) is 7.62. The van der Waals surface area contributed by atoms with Crippen LogP contribution >= 0.6 is 22.7 Å². The maximum atomic E-state index is 13.7. The molecule has 1 aliphatic heterocycles. The van der Waals surface area contributed by atoms with Gasteiger partial charge in [-0.05, 0) is 49.4 Å². The molecule has 0 saturated carbocycles. The van der Waals surface area contributed by atoms with Gasteiger partial charge in [-0.2, -0.15) is 0 Å². The number of thiophene rings is 1. The molecular weight excluding hydrogens is 456 g/mol. The van der Waals surface area contributed by atoms with Gasteiger partial charge in [0.2, 0.25) is 0 Å². The number of carbonyl (C=O) groups excluding carboxylic acids is 1. The molecule has 8 heteroatoms. The SMILES string of the molecule is CCCC1=C(C(=O)OCC)C(c2ccccc2OC)n2c(s/c(=C\c3sccc3C)c2=O)=N1. The van der Waals surface area contributed by atoms with Crippen molar-refractivity contribution in [3.05, 3.63) is 82.7 Å². The zero-order valence-electron chi connectivity index (χ0n) is 19.1. The average molecular weight is 483 g/mol. The minimum atomic E-state index is -0.676. The lowest BCUT2D eigenvalue weighted by Gasteiger charge is -2.26. The standard InChI is InChI=1S/C25H26N2O4S2/c1-5-9-17-21(24(29)31-6-2)22(16-10-7-8-11-18(16)30-4)27-23(28)20(33-25(27)26-17)14-19-15(3)12-13-32-19/h7-8,10-14,22H,5-6,9H2,1-4H3/b20-14-. The first-order valence-corrected chi connectivity index (χ1v) is 12.6. The Labute approximate surface area is 200 Å². The van der Waals surface area contributed by atoms with E-state index in [1.54, 1.807) is 29.9 Å². The zero-order valence-corrected chi connectivity index (χ0v) is 20.7. The van der Waals surface area contributed by atoms with Gasteiger partial charge in [-0.1, -0.05) is 42.9 Å². The van der Waals surface area contributed by atoms with Gasteiger partial charge >= 0.3 is 5.97 Å². The normalized spacial score (nSPS) is 15.9. The maximum absolute atomic E-state index is 13.7. The fraction of sp³-hybridized carbons (Fsp3) is 0.320. The predicted octanol–water partition coefficient (Wildman–Crippen LogP) is 3.96. The number of benzene rings is 1. The van der Waals surface area contributed by atoms with Crippen LogP contribution in [0.4, 0.5) is 0 Å². The van der Waals surface area contributed by atoms with Crippen LogP contribution in [0.1, 0.15) is 48.7 Å². The molecule has 0 N–H and O–H groups in total. The second-order valence-corrected chi connectivity index (χ2v) is 9.58. The zero-order chi connectivity index (χ0) is 23.5. The summed E-state index contributed by atoms with van der Waals surface area (Å²) in [6.07, 6.45) is 3.33. The Hall–Kier alpha value is -2.97. The van der Waals surface area contributed by atoms with Gasteiger partial charge in [0, 0.05) is 10.4 Å². The van der Waals surface area contributed by atoms with Crippen LogP contribution in [0.5, 0.6) is 5.75 Å². The molecule has 0 fully saturated rings. The van der Waals surface area contributed by atoms with Gasteiger partial charge in [0.1, 0.15) is 11.8 Å². The van der Waals surface area contributed by atoms with E-state index in [1.807, 2.05) is 55.6 Å². The molecule has 172 valence electrons. The molecule has 1 aromatic carbocycles. The highest BCUT2D eigenvalue weighted by molar-refractivity contribution is 7.11. The average Bonchev–Trinajstić information content (AvgIpc) is 3.35. The highest BCUT2D eigenvalue weighted by atomic mass is 32.1. The first-order valence-electron chi connectivity index (χ1n) is 10.9. The third-order valence-electron chi connectivity index (χ3n) is 5.49. The summed E-state index contributed by atoms with van der Waals surface area (Å²) in [5, 5.41) is 2.01. The molecule has 1 unspecified atom stereocenters. The van der Waals surface area contributed by atoms with Crippen molar-refractivity contribution in [1.82, 2.24) is 4.57 Å². The number of hydrogen-bond donors (Lipinski definition) is 0. The van der Waals surface area contributed by atoms with Crippen LogP contribution in [0.15, 0.2) is 56.8 Å². The molecule has 2 aromatic heterocycles. The summed E-state index contributed by atoms with van der Waals surface area (Å²) < 4.78 is 13.2. The summed E-state index contributed by atoms with van der Waals surface area (Å²) in [6, 6.07) is 8.83. The molecule has 33 heavy (non-hydrogen) atoms. The van der Waals surface area contributed by atoms with Crippen LogP contribution in [0.3, 0.4) is 0 Å². The Morgan fingerprint density at radius 1 is 1.24 bits per heavy atom. The van der Waals surface area contributed by atoms with Gasteiger partial charge < -0.3 is 9.47 Å². The van der Waals surface area contributed by atoms with Gasteiger partial charge in [0.15, 0.2) is 4.80 Å². The number of hydrogen-bond acceptors (Lipinski definition) is 7. The highest BCUT2D eigenvalue weighted by Crippen LogP contribution is 2.36. The fourth-order valence-corrected chi connectivity index (χ4v) is 5.89. The molecule has 4 rings (SSSR count).